The predicted octanol–water partition coefficient (Wildman–Crippen LogP) is 5.61. The van der Waals surface area contributed by atoms with E-state index >= 15 is 0 Å². The molecule has 4 rings (SSSR count). The van der Waals surface area contributed by atoms with Gasteiger partial charge in [-0.05, 0) is 48.9 Å². The molecule has 0 aliphatic carbocycles. The first-order valence-electron chi connectivity index (χ1n) is 9.56. The third-order valence-corrected chi connectivity index (χ3v) is 5.73. The predicted molar refractivity (Wildman–Crippen MR) is 123 cm³/mol. The molecule has 4 aromatic rings. The van der Waals surface area contributed by atoms with Gasteiger partial charge in [0.25, 0.3) is 0 Å². The summed E-state index contributed by atoms with van der Waals surface area (Å²) in [5.74, 6) is -0.582. The topological polar surface area (TPSA) is 83.8 Å². The highest BCUT2D eigenvalue weighted by Crippen LogP contribution is 2.31. The number of hydrogen-bond donors (Lipinski definition) is 3. The summed E-state index contributed by atoms with van der Waals surface area (Å²) in [6.45, 7) is 0.372. The lowest BCUT2D eigenvalue weighted by atomic mass is 9.94. The van der Waals surface area contributed by atoms with Crippen molar-refractivity contribution in [1.29, 1.82) is 0 Å². The number of aromatic nitrogens is 2. The summed E-state index contributed by atoms with van der Waals surface area (Å²) >= 11 is 12.2. The minimum absolute atomic E-state index is 0.150. The molecule has 1 heterocycles. The molecule has 0 aliphatic rings. The van der Waals surface area contributed by atoms with E-state index in [1.54, 1.807) is 18.2 Å². The molecule has 1 aromatic heterocycles. The largest absolute Gasteiger partial charge is 0.330 e. The smallest absolute Gasteiger partial charge is 0.231 e. The second-order valence-corrected chi connectivity index (χ2v) is 7.81. The fraction of sp³-hybridized carbons (Fsp3) is 0.130. The van der Waals surface area contributed by atoms with Gasteiger partial charge in [-0.15, -0.1) is 0 Å². The van der Waals surface area contributed by atoms with Crippen molar-refractivity contribution in [3.8, 4) is 11.3 Å². The Kier molecular flexibility index (Phi) is 6.04. The normalized spacial score (nSPS) is 12.1. The number of hydrogen-bond acceptors (Lipinski definition) is 3. The van der Waals surface area contributed by atoms with Gasteiger partial charge in [0.05, 0.1) is 27.2 Å². The summed E-state index contributed by atoms with van der Waals surface area (Å²) < 4.78 is 0. The van der Waals surface area contributed by atoms with Crippen LogP contribution < -0.4 is 11.1 Å². The van der Waals surface area contributed by atoms with Crippen LogP contribution in [0.2, 0.25) is 10.0 Å². The zero-order valence-electron chi connectivity index (χ0n) is 16.0. The average molecular weight is 439 g/mol. The van der Waals surface area contributed by atoms with Crippen molar-refractivity contribution in [2.45, 2.75) is 12.3 Å². The Balaban J connectivity index is 1.63. The maximum absolute atomic E-state index is 13.1. The molecule has 0 bridgehead atoms. The molecule has 7 heteroatoms. The Labute approximate surface area is 184 Å². The maximum Gasteiger partial charge on any atom is 0.231 e. The molecule has 0 fully saturated rings. The van der Waals surface area contributed by atoms with E-state index in [9.17, 15) is 4.79 Å². The standard InChI is InChI=1S/C23H20Cl2N4O/c24-19-8-6-15(12-20(19)25)17(10-11-26)23(30)27-16-7-9-21-18(13-16)22(29-28-21)14-4-2-1-3-5-14/h1-9,12-13,17H,10-11,26H2,(H,27,30)(H,28,29). The molecule has 5 nitrogen and oxygen atoms in total. The van der Waals surface area contributed by atoms with Gasteiger partial charge in [-0.1, -0.05) is 59.6 Å². The molecule has 0 saturated carbocycles. The molecule has 0 radical (unpaired) electrons. The Morgan fingerprint density at radius 2 is 1.83 bits per heavy atom. The summed E-state index contributed by atoms with van der Waals surface area (Å²) in [7, 11) is 0. The van der Waals surface area contributed by atoms with E-state index in [0.717, 1.165) is 27.7 Å². The molecule has 1 amide bonds. The van der Waals surface area contributed by atoms with Gasteiger partial charge in [-0.3, -0.25) is 9.89 Å². The van der Waals surface area contributed by atoms with Crippen LogP contribution in [0.4, 0.5) is 5.69 Å². The monoisotopic (exact) mass is 438 g/mol. The maximum atomic E-state index is 13.1. The lowest BCUT2D eigenvalue weighted by Crippen LogP contribution is -2.23. The number of carbonyl (C=O) groups excluding carboxylic acids is 1. The summed E-state index contributed by atoms with van der Waals surface area (Å²) in [6, 6.07) is 20.8. The van der Waals surface area contributed by atoms with Crippen molar-refractivity contribution < 1.29 is 4.79 Å². The fourth-order valence-electron chi connectivity index (χ4n) is 3.48. The molecule has 1 unspecified atom stereocenters. The molecule has 4 N–H and O–H groups in total. The highest BCUT2D eigenvalue weighted by atomic mass is 35.5. The third kappa shape index (κ3) is 4.19. The Morgan fingerprint density at radius 3 is 2.57 bits per heavy atom. The van der Waals surface area contributed by atoms with Gasteiger partial charge in [-0.2, -0.15) is 5.10 Å². The van der Waals surface area contributed by atoms with Crippen LogP contribution in [0.5, 0.6) is 0 Å². The summed E-state index contributed by atoms with van der Waals surface area (Å²) in [4.78, 5) is 13.1. The van der Waals surface area contributed by atoms with Crippen LogP contribution in [0.25, 0.3) is 22.2 Å². The minimum Gasteiger partial charge on any atom is -0.330 e. The number of H-pyrrole nitrogens is 1. The second-order valence-electron chi connectivity index (χ2n) is 6.99. The van der Waals surface area contributed by atoms with E-state index in [1.165, 1.54) is 0 Å². The molecule has 152 valence electrons. The van der Waals surface area contributed by atoms with E-state index in [-0.39, 0.29) is 5.91 Å². The van der Waals surface area contributed by atoms with Gasteiger partial charge in [0.2, 0.25) is 5.91 Å². The number of nitrogens with zero attached hydrogens (tertiary/aromatic N) is 1. The van der Waals surface area contributed by atoms with Crippen molar-refractivity contribution >= 4 is 45.7 Å². The Bertz CT molecular complexity index is 1190. The zero-order chi connectivity index (χ0) is 21.1. The van der Waals surface area contributed by atoms with Gasteiger partial charge >= 0.3 is 0 Å². The van der Waals surface area contributed by atoms with Crippen LogP contribution in [-0.4, -0.2) is 22.6 Å². The van der Waals surface area contributed by atoms with E-state index in [2.05, 4.69) is 15.5 Å². The first kappa shape index (κ1) is 20.4. The third-order valence-electron chi connectivity index (χ3n) is 5.00. The molecule has 3 aromatic carbocycles. The SMILES string of the molecule is NCCC(C(=O)Nc1ccc2[nH]nc(-c3ccccc3)c2c1)c1ccc(Cl)c(Cl)c1. The number of benzene rings is 3. The molecule has 1 atom stereocenters. The van der Waals surface area contributed by atoms with Crippen LogP contribution in [0, 0.1) is 0 Å². The number of nitrogens with one attached hydrogen (secondary N) is 2. The summed E-state index contributed by atoms with van der Waals surface area (Å²) in [5.41, 5.74) is 9.97. The molecular weight excluding hydrogens is 419 g/mol. The molecule has 30 heavy (non-hydrogen) atoms. The van der Waals surface area contributed by atoms with E-state index < -0.39 is 5.92 Å². The van der Waals surface area contributed by atoms with Crippen LogP contribution >= 0.6 is 23.2 Å². The summed E-state index contributed by atoms with van der Waals surface area (Å²) in [5, 5.41) is 12.3. The number of fused-ring (bicyclic) bond motifs is 1. The minimum atomic E-state index is -0.432. The Morgan fingerprint density at radius 1 is 1.03 bits per heavy atom. The zero-order valence-corrected chi connectivity index (χ0v) is 17.5. The molecule has 0 spiro atoms. The first-order valence-corrected chi connectivity index (χ1v) is 10.3. The molecule has 0 saturated heterocycles. The van der Waals surface area contributed by atoms with Gasteiger partial charge in [0, 0.05) is 16.6 Å². The lowest BCUT2D eigenvalue weighted by Gasteiger charge is -2.17. The van der Waals surface area contributed by atoms with E-state index in [1.807, 2.05) is 48.5 Å². The van der Waals surface area contributed by atoms with Gasteiger partial charge < -0.3 is 11.1 Å². The van der Waals surface area contributed by atoms with Crippen LogP contribution in [-0.2, 0) is 4.79 Å². The number of amides is 1. The van der Waals surface area contributed by atoms with Crippen LogP contribution in [0.3, 0.4) is 0 Å². The van der Waals surface area contributed by atoms with Crippen molar-refractivity contribution in [2.75, 3.05) is 11.9 Å². The average Bonchev–Trinajstić information content (AvgIpc) is 3.18. The number of carbonyl (C=O) groups is 1. The van der Waals surface area contributed by atoms with Crippen molar-refractivity contribution in [1.82, 2.24) is 10.2 Å². The summed E-state index contributed by atoms with van der Waals surface area (Å²) in [6.07, 6.45) is 0.493. The number of anilines is 1. The van der Waals surface area contributed by atoms with Crippen molar-refractivity contribution in [3.63, 3.8) is 0 Å². The lowest BCUT2D eigenvalue weighted by molar-refractivity contribution is -0.117. The first-order chi connectivity index (χ1) is 14.6. The van der Waals surface area contributed by atoms with Crippen molar-refractivity contribution in [2.24, 2.45) is 5.73 Å². The molecular formula is C23H20Cl2N4O. The quantitative estimate of drug-likeness (QED) is 0.365. The van der Waals surface area contributed by atoms with Gasteiger partial charge in [-0.25, -0.2) is 0 Å². The Hall–Kier alpha value is -2.86. The van der Waals surface area contributed by atoms with Crippen LogP contribution in [0.1, 0.15) is 17.9 Å². The van der Waals surface area contributed by atoms with Gasteiger partial charge in [0.15, 0.2) is 0 Å². The van der Waals surface area contributed by atoms with Crippen molar-refractivity contribution in [3.05, 3.63) is 82.3 Å². The highest BCUT2D eigenvalue weighted by molar-refractivity contribution is 6.42. The molecule has 0 aliphatic heterocycles. The second kappa shape index (κ2) is 8.88. The fourth-order valence-corrected chi connectivity index (χ4v) is 3.79. The van der Waals surface area contributed by atoms with Gasteiger partial charge in [0.1, 0.15) is 0 Å². The van der Waals surface area contributed by atoms with E-state index in [4.69, 9.17) is 28.9 Å². The highest BCUT2D eigenvalue weighted by Gasteiger charge is 2.21. The van der Waals surface area contributed by atoms with E-state index in [0.29, 0.717) is 28.7 Å². The number of nitrogens with two attached hydrogens (primary N) is 1. The number of halogens is 2. The number of rotatable bonds is 6. The number of aromatic amines is 1. The van der Waals surface area contributed by atoms with Crippen LogP contribution in [0.15, 0.2) is 66.7 Å².